The molecule has 0 aliphatic carbocycles. The molecule has 5 nitrogen and oxygen atoms in total. The number of hydrogen-bond acceptors (Lipinski definition) is 4. The second kappa shape index (κ2) is 7.60. The third-order valence-corrected chi connectivity index (χ3v) is 2.89. The van der Waals surface area contributed by atoms with Crippen molar-refractivity contribution in [3.8, 4) is 0 Å². The van der Waals surface area contributed by atoms with Gasteiger partial charge in [-0.2, -0.15) is 0 Å². The molecule has 0 bridgehead atoms. The van der Waals surface area contributed by atoms with Gasteiger partial charge in [0.05, 0.1) is 6.10 Å². The molecule has 0 saturated carbocycles. The predicted molar refractivity (Wildman–Crippen MR) is 62.7 cm³/mol. The summed E-state index contributed by atoms with van der Waals surface area (Å²) in [6.07, 6.45) is 5.33. The summed E-state index contributed by atoms with van der Waals surface area (Å²) in [5, 5.41) is 0. The van der Waals surface area contributed by atoms with E-state index in [4.69, 9.17) is 10.6 Å². The molecule has 1 aliphatic rings. The Labute approximate surface area is 97.3 Å². The molecule has 1 rings (SSSR count). The van der Waals surface area contributed by atoms with Crippen molar-refractivity contribution in [3.63, 3.8) is 0 Å². The molecule has 1 fully saturated rings. The highest BCUT2D eigenvalue weighted by Gasteiger charge is 2.15. The molecule has 1 unspecified atom stereocenters. The zero-order valence-electron chi connectivity index (χ0n) is 10.1. The van der Waals surface area contributed by atoms with Crippen molar-refractivity contribution in [1.29, 1.82) is 0 Å². The summed E-state index contributed by atoms with van der Waals surface area (Å²) in [6.45, 7) is 2.77. The highest BCUT2D eigenvalue weighted by molar-refractivity contribution is 5.75. The summed E-state index contributed by atoms with van der Waals surface area (Å²) in [4.78, 5) is 13.1. The van der Waals surface area contributed by atoms with Gasteiger partial charge in [-0.25, -0.2) is 5.84 Å². The van der Waals surface area contributed by atoms with Gasteiger partial charge >= 0.3 is 0 Å². The van der Waals surface area contributed by atoms with E-state index in [0.29, 0.717) is 12.5 Å². The first-order chi connectivity index (χ1) is 7.72. The Kier molecular flexibility index (Phi) is 6.37. The predicted octanol–water partition coefficient (Wildman–Crippen LogP) is 0.257. The van der Waals surface area contributed by atoms with E-state index in [0.717, 1.165) is 32.5 Å². The summed E-state index contributed by atoms with van der Waals surface area (Å²) < 4.78 is 5.66. The summed E-state index contributed by atoms with van der Waals surface area (Å²) in [7, 11) is 2.07. The lowest BCUT2D eigenvalue weighted by molar-refractivity contribution is -0.121. The van der Waals surface area contributed by atoms with E-state index in [9.17, 15) is 4.79 Å². The zero-order valence-corrected chi connectivity index (χ0v) is 10.1. The van der Waals surface area contributed by atoms with E-state index in [1.165, 1.54) is 12.8 Å². The number of carbonyl (C=O) groups is 1. The number of hydrogen-bond donors (Lipinski definition) is 2. The molecular weight excluding hydrogens is 206 g/mol. The average molecular weight is 229 g/mol. The van der Waals surface area contributed by atoms with Crippen LogP contribution in [-0.2, 0) is 9.53 Å². The maximum absolute atomic E-state index is 10.9. The van der Waals surface area contributed by atoms with Crippen LogP contribution in [0.3, 0.4) is 0 Å². The molecule has 0 aromatic heterocycles. The molecule has 1 atom stereocenters. The number of amides is 1. The number of carbonyl (C=O) groups excluding carboxylic acids is 1. The first-order valence-corrected chi connectivity index (χ1v) is 6.02. The van der Waals surface area contributed by atoms with Crippen LogP contribution in [-0.4, -0.2) is 43.7 Å². The normalized spacial score (nSPS) is 21.1. The van der Waals surface area contributed by atoms with E-state index in [1.54, 1.807) is 0 Å². The first kappa shape index (κ1) is 13.4. The molecule has 16 heavy (non-hydrogen) atoms. The van der Waals surface area contributed by atoms with E-state index in [-0.39, 0.29) is 5.91 Å². The van der Waals surface area contributed by atoms with Crippen molar-refractivity contribution >= 4 is 5.91 Å². The van der Waals surface area contributed by atoms with Gasteiger partial charge in [-0.3, -0.25) is 10.2 Å². The van der Waals surface area contributed by atoms with E-state index < -0.39 is 0 Å². The third-order valence-electron chi connectivity index (χ3n) is 2.89. The Morgan fingerprint density at radius 2 is 2.38 bits per heavy atom. The molecule has 0 spiro atoms. The number of ether oxygens (including phenoxy) is 1. The monoisotopic (exact) mass is 229 g/mol. The molecule has 94 valence electrons. The minimum Gasteiger partial charge on any atom is -0.377 e. The SMILES string of the molecule is CN(CCCC(=O)NN)CC1CCCCO1. The van der Waals surface area contributed by atoms with Crippen molar-refractivity contribution in [2.45, 2.75) is 38.2 Å². The fourth-order valence-electron chi connectivity index (χ4n) is 1.97. The van der Waals surface area contributed by atoms with Gasteiger partial charge in [0.25, 0.3) is 0 Å². The lowest BCUT2D eigenvalue weighted by Crippen LogP contribution is -2.35. The van der Waals surface area contributed by atoms with Crippen LogP contribution in [0.2, 0.25) is 0 Å². The maximum atomic E-state index is 10.9. The standard InChI is InChI=1S/C11H23N3O2/c1-14(7-4-6-11(15)13-12)9-10-5-2-3-8-16-10/h10H,2-9,12H2,1H3,(H,13,15). The summed E-state index contributed by atoms with van der Waals surface area (Å²) in [5.41, 5.74) is 2.14. The van der Waals surface area contributed by atoms with Gasteiger partial charge in [0.15, 0.2) is 0 Å². The highest BCUT2D eigenvalue weighted by atomic mass is 16.5. The van der Waals surface area contributed by atoms with Crippen LogP contribution in [0, 0.1) is 0 Å². The molecule has 1 saturated heterocycles. The van der Waals surface area contributed by atoms with Crippen LogP contribution < -0.4 is 11.3 Å². The summed E-state index contributed by atoms with van der Waals surface area (Å²) in [5.74, 6) is 4.91. The van der Waals surface area contributed by atoms with Crippen molar-refractivity contribution in [3.05, 3.63) is 0 Å². The van der Waals surface area contributed by atoms with Gasteiger partial charge < -0.3 is 9.64 Å². The molecule has 1 amide bonds. The fraction of sp³-hybridized carbons (Fsp3) is 0.909. The quantitative estimate of drug-likeness (QED) is 0.389. The lowest BCUT2D eigenvalue weighted by Gasteiger charge is -2.27. The van der Waals surface area contributed by atoms with Crippen LogP contribution in [0.15, 0.2) is 0 Å². The number of nitrogens with two attached hydrogens (primary N) is 1. The van der Waals surface area contributed by atoms with E-state index >= 15 is 0 Å². The van der Waals surface area contributed by atoms with Crippen LogP contribution >= 0.6 is 0 Å². The van der Waals surface area contributed by atoms with Gasteiger partial charge in [-0.1, -0.05) is 0 Å². The first-order valence-electron chi connectivity index (χ1n) is 6.02. The summed E-state index contributed by atoms with van der Waals surface area (Å²) >= 11 is 0. The van der Waals surface area contributed by atoms with Crippen LogP contribution in [0.1, 0.15) is 32.1 Å². The molecule has 0 radical (unpaired) electrons. The Morgan fingerprint density at radius 1 is 1.56 bits per heavy atom. The van der Waals surface area contributed by atoms with E-state index in [2.05, 4.69) is 17.4 Å². The third kappa shape index (κ3) is 5.44. The molecule has 0 aromatic carbocycles. The minimum atomic E-state index is -0.0951. The fourth-order valence-corrected chi connectivity index (χ4v) is 1.97. The largest absolute Gasteiger partial charge is 0.377 e. The highest BCUT2D eigenvalue weighted by Crippen LogP contribution is 2.13. The zero-order chi connectivity index (χ0) is 11.8. The smallest absolute Gasteiger partial charge is 0.233 e. The molecular formula is C11H23N3O2. The van der Waals surface area contributed by atoms with Crippen LogP contribution in [0.4, 0.5) is 0 Å². The van der Waals surface area contributed by atoms with Gasteiger partial charge in [0.1, 0.15) is 0 Å². The molecule has 3 N–H and O–H groups in total. The lowest BCUT2D eigenvalue weighted by atomic mass is 10.1. The van der Waals surface area contributed by atoms with Crippen LogP contribution in [0.5, 0.6) is 0 Å². The Balaban J connectivity index is 2.05. The van der Waals surface area contributed by atoms with Crippen molar-refractivity contribution in [1.82, 2.24) is 10.3 Å². The number of hydrazine groups is 1. The average Bonchev–Trinajstić information content (AvgIpc) is 2.30. The maximum Gasteiger partial charge on any atom is 0.233 e. The second-order valence-corrected chi connectivity index (χ2v) is 4.42. The summed E-state index contributed by atoms with van der Waals surface area (Å²) in [6, 6.07) is 0. The Bertz CT molecular complexity index is 205. The van der Waals surface area contributed by atoms with Crippen LogP contribution in [0.25, 0.3) is 0 Å². The Morgan fingerprint density at radius 3 is 3.00 bits per heavy atom. The van der Waals surface area contributed by atoms with E-state index in [1.807, 2.05) is 0 Å². The second-order valence-electron chi connectivity index (χ2n) is 4.42. The number of likely N-dealkylation sites (N-methyl/N-ethyl adjacent to an activating group) is 1. The van der Waals surface area contributed by atoms with Gasteiger partial charge in [-0.05, 0) is 39.3 Å². The number of nitrogens with zero attached hydrogens (tertiary/aromatic N) is 1. The van der Waals surface area contributed by atoms with Gasteiger partial charge in [0.2, 0.25) is 5.91 Å². The van der Waals surface area contributed by atoms with Gasteiger partial charge in [-0.15, -0.1) is 0 Å². The molecule has 5 heteroatoms. The molecule has 1 heterocycles. The number of nitrogens with one attached hydrogen (secondary N) is 1. The van der Waals surface area contributed by atoms with Crippen molar-refractivity contribution in [2.75, 3.05) is 26.7 Å². The van der Waals surface area contributed by atoms with Crippen molar-refractivity contribution in [2.24, 2.45) is 5.84 Å². The minimum absolute atomic E-state index is 0.0951. The van der Waals surface area contributed by atoms with Gasteiger partial charge in [0, 0.05) is 19.6 Å². The topological polar surface area (TPSA) is 67.6 Å². The number of rotatable bonds is 6. The molecule has 0 aromatic rings. The molecule has 1 aliphatic heterocycles. The Hall–Kier alpha value is -0.650. The van der Waals surface area contributed by atoms with Crippen molar-refractivity contribution < 1.29 is 9.53 Å².